The summed E-state index contributed by atoms with van der Waals surface area (Å²) in [6.07, 6.45) is 3.81. The van der Waals surface area contributed by atoms with Gasteiger partial charge in [0.25, 0.3) is 0 Å². The maximum atomic E-state index is 12.6. The second kappa shape index (κ2) is 16.7. The first-order chi connectivity index (χ1) is 17.0. The van der Waals surface area contributed by atoms with Crippen molar-refractivity contribution in [2.24, 2.45) is 11.8 Å². The van der Waals surface area contributed by atoms with Crippen LogP contribution in [0, 0.1) is 18.8 Å². The number of aryl methyl sites for hydroxylation is 1. The zero-order valence-electron chi connectivity index (χ0n) is 23.6. The largest absolute Gasteiger partial charge is 0.372 e. The van der Waals surface area contributed by atoms with Crippen molar-refractivity contribution in [2.45, 2.75) is 79.5 Å². The van der Waals surface area contributed by atoms with Crippen molar-refractivity contribution in [2.75, 3.05) is 31.1 Å². The van der Waals surface area contributed by atoms with Crippen LogP contribution in [0.2, 0.25) is 0 Å². The Hall–Kier alpha value is -1.91. The van der Waals surface area contributed by atoms with Gasteiger partial charge in [0.15, 0.2) is 0 Å². The molecule has 2 aromatic rings. The topological polar surface area (TPSA) is 23.6 Å². The molecule has 2 aliphatic heterocycles. The number of rotatable bonds is 6. The van der Waals surface area contributed by atoms with E-state index >= 15 is 0 Å². The molecule has 0 aliphatic carbocycles. The van der Waals surface area contributed by atoms with Gasteiger partial charge < -0.3 is 4.90 Å². The van der Waals surface area contributed by atoms with Gasteiger partial charge in [0.05, 0.1) is 4.90 Å². The van der Waals surface area contributed by atoms with Crippen LogP contribution in [0.4, 0.5) is 5.69 Å². The van der Waals surface area contributed by atoms with Crippen molar-refractivity contribution in [3.05, 3.63) is 66.2 Å². The van der Waals surface area contributed by atoms with Crippen LogP contribution in [0.5, 0.6) is 0 Å². The van der Waals surface area contributed by atoms with Gasteiger partial charge in [-0.3, -0.25) is 0 Å². The van der Waals surface area contributed by atoms with Crippen LogP contribution in [0.15, 0.2) is 60.0 Å². The second-order valence-electron chi connectivity index (χ2n) is 8.72. The quantitative estimate of drug-likeness (QED) is 0.399. The lowest BCUT2D eigenvalue weighted by atomic mass is 9.84. The number of piperidine rings is 1. The standard InChI is InChI=1S/C25H32N2OS.3C2H6/c1-19(2)25-10-9-23(15-20(25)3)26-13-11-21(12-14-26)16-22-17-27(18-22)29(28)24-7-5-4-6-8-24;3*1-2/h4-10,15,21-22H,1,11-14,16-18H2,2-3H3;3*1-2H3. The molecule has 196 valence electrons. The number of benzene rings is 2. The Kier molecular flexibility index (Phi) is 14.9. The SMILES string of the molecule is C=C(C)c1ccc(N2CCC(CC3CN(S(=O)c4ccccc4)C3)CC2)cc1C.CC.CC.CC. The number of anilines is 1. The molecule has 3 nitrogen and oxygen atoms in total. The van der Waals surface area contributed by atoms with Gasteiger partial charge in [-0.25, -0.2) is 8.51 Å². The summed E-state index contributed by atoms with van der Waals surface area (Å²) >= 11 is 0. The first-order valence-electron chi connectivity index (χ1n) is 13.7. The van der Waals surface area contributed by atoms with Gasteiger partial charge in [0.1, 0.15) is 11.0 Å². The fourth-order valence-electron chi connectivity index (χ4n) is 4.71. The Morgan fingerprint density at radius 3 is 2.00 bits per heavy atom. The molecule has 2 fully saturated rings. The second-order valence-corrected chi connectivity index (χ2v) is 10.2. The fourth-order valence-corrected chi connectivity index (χ4v) is 6.10. The highest BCUT2D eigenvalue weighted by molar-refractivity contribution is 7.82. The molecule has 1 unspecified atom stereocenters. The van der Waals surface area contributed by atoms with Gasteiger partial charge >= 0.3 is 0 Å². The third-order valence-electron chi connectivity index (χ3n) is 6.42. The number of nitrogens with zero attached hydrogens (tertiary/aromatic N) is 2. The van der Waals surface area contributed by atoms with E-state index in [2.05, 4.69) is 47.8 Å². The number of allylic oxidation sites excluding steroid dienone is 1. The average Bonchev–Trinajstić information content (AvgIpc) is 2.90. The molecule has 0 bridgehead atoms. The molecule has 0 N–H and O–H groups in total. The van der Waals surface area contributed by atoms with Crippen molar-refractivity contribution in [1.82, 2.24) is 4.31 Å². The maximum absolute atomic E-state index is 12.6. The van der Waals surface area contributed by atoms with Crippen LogP contribution in [0.1, 0.15) is 78.9 Å². The molecule has 2 saturated heterocycles. The van der Waals surface area contributed by atoms with Crippen LogP contribution in [-0.4, -0.2) is 34.7 Å². The van der Waals surface area contributed by atoms with E-state index in [9.17, 15) is 4.21 Å². The highest BCUT2D eigenvalue weighted by Crippen LogP contribution is 2.33. The van der Waals surface area contributed by atoms with Crippen molar-refractivity contribution >= 4 is 22.2 Å². The molecule has 0 radical (unpaired) electrons. The lowest BCUT2D eigenvalue weighted by Crippen LogP contribution is -2.48. The van der Waals surface area contributed by atoms with Crippen LogP contribution in [-0.2, 0) is 11.0 Å². The van der Waals surface area contributed by atoms with Gasteiger partial charge in [-0.05, 0) is 80.3 Å². The normalized spacial score (nSPS) is 16.9. The minimum absolute atomic E-state index is 0.705. The van der Waals surface area contributed by atoms with E-state index in [1.165, 1.54) is 36.1 Å². The van der Waals surface area contributed by atoms with Crippen molar-refractivity contribution < 1.29 is 4.21 Å². The summed E-state index contributed by atoms with van der Waals surface area (Å²) < 4.78 is 14.7. The summed E-state index contributed by atoms with van der Waals surface area (Å²) in [4.78, 5) is 3.45. The average molecular weight is 499 g/mol. The van der Waals surface area contributed by atoms with Gasteiger partial charge in [0, 0.05) is 31.9 Å². The number of hydrogen-bond donors (Lipinski definition) is 0. The summed E-state index contributed by atoms with van der Waals surface area (Å²) in [5.74, 6) is 1.51. The van der Waals surface area contributed by atoms with Gasteiger partial charge in [-0.15, -0.1) is 0 Å². The third-order valence-corrected chi connectivity index (χ3v) is 7.86. The minimum atomic E-state index is -0.988. The van der Waals surface area contributed by atoms with Crippen molar-refractivity contribution in [3.8, 4) is 0 Å². The molecule has 35 heavy (non-hydrogen) atoms. The molecule has 2 aromatic carbocycles. The first-order valence-corrected chi connectivity index (χ1v) is 14.9. The Bertz CT molecular complexity index is 882. The monoisotopic (exact) mass is 498 g/mol. The van der Waals surface area contributed by atoms with Gasteiger partial charge in [-0.1, -0.05) is 78.0 Å². The Labute approximate surface area is 219 Å². The predicted octanol–water partition coefficient (Wildman–Crippen LogP) is 8.37. The van der Waals surface area contributed by atoms with Gasteiger partial charge in [0.2, 0.25) is 0 Å². The van der Waals surface area contributed by atoms with Crippen LogP contribution >= 0.6 is 0 Å². The summed E-state index contributed by atoms with van der Waals surface area (Å²) in [6, 6.07) is 16.6. The third kappa shape index (κ3) is 8.91. The Morgan fingerprint density at radius 1 is 0.914 bits per heavy atom. The lowest BCUT2D eigenvalue weighted by Gasteiger charge is -2.41. The summed E-state index contributed by atoms with van der Waals surface area (Å²) in [5, 5.41) is 0. The van der Waals surface area contributed by atoms with E-state index in [1.807, 2.05) is 71.9 Å². The van der Waals surface area contributed by atoms with Crippen LogP contribution in [0.3, 0.4) is 0 Å². The zero-order valence-corrected chi connectivity index (χ0v) is 24.5. The molecule has 2 heterocycles. The maximum Gasteiger partial charge on any atom is 0.127 e. The smallest absolute Gasteiger partial charge is 0.127 e. The zero-order chi connectivity index (χ0) is 26.4. The molecule has 0 spiro atoms. The highest BCUT2D eigenvalue weighted by atomic mass is 32.2. The van der Waals surface area contributed by atoms with E-state index in [0.29, 0.717) is 5.92 Å². The molecule has 4 heteroatoms. The fraction of sp³-hybridized carbons (Fsp3) is 0.548. The minimum Gasteiger partial charge on any atom is -0.372 e. The lowest BCUT2D eigenvalue weighted by molar-refractivity contribution is 0.165. The van der Waals surface area contributed by atoms with Crippen LogP contribution in [0.25, 0.3) is 5.57 Å². The van der Waals surface area contributed by atoms with Gasteiger partial charge in [-0.2, -0.15) is 0 Å². The first kappa shape index (κ1) is 31.1. The summed E-state index contributed by atoms with van der Waals surface area (Å²) in [7, 11) is -0.988. The van der Waals surface area contributed by atoms with Crippen LogP contribution < -0.4 is 4.90 Å². The molecule has 0 saturated carbocycles. The molecular weight excluding hydrogens is 448 g/mol. The Morgan fingerprint density at radius 2 is 1.49 bits per heavy atom. The molecule has 0 aromatic heterocycles. The molecular formula is C31H50N2OS. The molecule has 2 aliphatic rings. The van der Waals surface area contributed by atoms with E-state index in [-0.39, 0.29) is 0 Å². The Balaban J connectivity index is 0.000000949. The molecule has 1 atom stereocenters. The summed E-state index contributed by atoms with van der Waals surface area (Å²) in [5.41, 5.74) is 5.07. The van der Waals surface area contributed by atoms with E-state index < -0.39 is 11.0 Å². The molecule has 4 rings (SSSR count). The van der Waals surface area contributed by atoms with Crippen molar-refractivity contribution in [1.29, 1.82) is 0 Å². The van der Waals surface area contributed by atoms with Crippen molar-refractivity contribution in [3.63, 3.8) is 0 Å². The summed E-state index contributed by atoms with van der Waals surface area (Å²) in [6.45, 7) is 24.6. The van der Waals surface area contributed by atoms with E-state index in [0.717, 1.165) is 42.6 Å². The van der Waals surface area contributed by atoms with E-state index in [1.54, 1.807) is 0 Å². The molecule has 0 amide bonds. The predicted molar refractivity (Wildman–Crippen MR) is 157 cm³/mol. The van der Waals surface area contributed by atoms with E-state index in [4.69, 9.17) is 0 Å². The number of hydrogen-bond acceptors (Lipinski definition) is 2. The highest BCUT2D eigenvalue weighted by Gasteiger charge is 2.33.